The van der Waals surface area contributed by atoms with Crippen LogP contribution in [0, 0.1) is 5.82 Å². The summed E-state index contributed by atoms with van der Waals surface area (Å²) in [5.41, 5.74) is 2.50. The summed E-state index contributed by atoms with van der Waals surface area (Å²) >= 11 is 0. The first-order chi connectivity index (χ1) is 15.5. The molecule has 4 aromatic rings. The van der Waals surface area contributed by atoms with Crippen LogP contribution in [0.3, 0.4) is 0 Å². The molecule has 1 unspecified atom stereocenters. The number of pyridine rings is 1. The Labute approximate surface area is 182 Å². The van der Waals surface area contributed by atoms with Crippen molar-refractivity contribution < 1.29 is 19.1 Å². The van der Waals surface area contributed by atoms with Crippen LogP contribution in [0.4, 0.5) is 4.39 Å². The van der Waals surface area contributed by atoms with Gasteiger partial charge in [-0.25, -0.2) is 4.39 Å². The molecule has 5 rings (SSSR count). The van der Waals surface area contributed by atoms with E-state index in [0.29, 0.717) is 11.1 Å². The van der Waals surface area contributed by atoms with Gasteiger partial charge in [0.1, 0.15) is 11.6 Å². The molecule has 1 fully saturated rings. The number of carbonyl (C=O) groups excluding carboxylic acids is 2. The number of amides is 1. The predicted molar refractivity (Wildman–Crippen MR) is 117 cm³/mol. The number of aromatic nitrogens is 2. The minimum Gasteiger partial charge on any atom is -0.507 e. The van der Waals surface area contributed by atoms with Crippen LogP contribution in [-0.4, -0.2) is 31.7 Å². The largest absolute Gasteiger partial charge is 0.507 e. The molecule has 0 aliphatic carbocycles. The lowest BCUT2D eigenvalue weighted by molar-refractivity contribution is -0.140. The maximum atomic E-state index is 13.6. The molecule has 0 saturated carbocycles. The Morgan fingerprint density at radius 1 is 1.03 bits per heavy atom. The highest BCUT2D eigenvalue weighted by atomic mass is 19.1. The van der Waals surface area contributed by atoms with Crippen molar-refractivity contribution in [3.05, 3.63) is 107 Å². The lowest BCUT2D eigenvalue weighted by atomic mass is 9.95. The average Bonchev–Trinajstić information content (AvgIpc) is 3.35. The number of likely N-dealkylation sites (tertiary alicyclic amines) is 1. The third-order valence-corrected chi connectivity index (χ3v) is 5.67. The molecular formula is C25H18FN3O3. The topological polar surface area (TPSA) is 86.3 Å². The van der Waals surface area contributed by atoms with Crippen molar-refractivity contribution in [1.82, 2.24) is 14.9 Å². The fourth-order valence-electron chi connectivity index (χ4n) is 4.13. The molecule has 1 atom stereocenters. The average molecular weight is 427 g/mol. The van der Waals surface area contributed by atoms with E-state index in [2.05, 4.69) is 9.97 Å². The van der Waals surface area contributed by atoms with E-state index in [1.54, 1.807) is 30.7 Å². The first-order valence-corrected chi connectivity index (χ1v) is 10.0. The molecule has 158 valence electrons. The van der Waals surface area contributed by atoms with E-state index in [4.69, 9.17) is 0 Å². The van der Waals surface area contributed by atoms with Crippen LogP contribution in [-0.2, 0) is 16.1 Å². The van der Waals surface area contributed by atoms with Crippen molar-refractivity contribution in [2.24, 2.45) is 0 Å². The lowest BCUT2D eigenvalue weighted by Crippen LogP contribution is -2.29. The van der Waals surface area contributed by atoms with Crippen molar-refractivity contribution in [3.63, 3.8) is 0 Å². The van der Waals surface area contributed by atoms with Crippen LogP contribution in [0.1, 0.15) is 22.7 Å². The molecule has 0 spiro atoms. The molecule has 1 aliphatic heterocycles. The van der Waals surface area contributed by atoms with Crippen molar-refractivity contribution in [3.8, 4) is 0 Å². The third-order valence-electron chi connectivity index (χ3n) is 5.67. The first kappa shape index (κ1) is 19.7. The van der Waals surface area contributed by atoms with Gasteiger partial charge in [-0.1, -0.05) is 30.3 Å². The zero-order valence-electron chi connectivity index (χ0n) is 16.8. The van der Waals surface area contributed by atoms with Gasteiger partial charge in [0, 0.05) is 41.6 Å². The van der Waals surface area contributed by atoms with Gasteiger partial charge in [0.25, 0.3) is 11.7 Å². The molecule has 32 heavy (non-hydrogen) atoms. The number of ketones is 1. The number of hydrogen-bond acceptors (Lipinski definition) is 4. The number of fused-ring (bicyclic) bond motifs is 1. The van der Waals surface area contributed by atoms with Crippen LogP contribution >= 0.6 is 0 Å². The SMILES string of the molecule is O=C1C(=O)N(Cc2ccncc2)C(c2ccc(F)cc2)/C1=C(/O)c1c[nH]c2ccccc12. The first-order valence-electron chi connectivity index (χ1n) is 10.0. The molecule has 2 N–H and O–H groups in total. The molecule has 0 bridgehead atoms. The quantitative estimate of drug-likeness (QED) is 0.288. The van der Waals surface area contributed by atoms with E-state index in [1.807, 2.05) is 24.3 Å². The summed E-state index contributed by atoms with van der Waals surface area (Å²) in [6.45, 7) is 0.139. The molecule has 2 aromatic carbocycles. The number of nitrogens with zero attached hydrogens (tertiary/aromatic N) is 2. The van der Waals surface area contributed by atoms with Gasteiger partial charge in [-0.15, -0.1) is 0 Å². The lowest BCUT2D eigenvalue weighted by Gasteiger charge is -2.25. The highest BCUT2D eigenvalue weighted by molar-refractivity contribution is 6.46. The highest BCUT2D eigenvalue weighted by Crippen LogP contribution is 2.41. The van der Waals surface area contributed by atoms with Gasteiger partial charge >= 0.3 is 0 Å². The van der Waals surface area contributed by atoms with Crippen LogP contribution in [0.25, 0.3) is 16.7 Å². The smallest absolute Gasteiger partial charge is 0.295 e. The monoisotopic (exact) mass is 427 g/mol. The summed E-state index contributed by atoms with van der Waals surface area (Å²) < 4.78 is 13.6. The van der Waals surface area contributed by atoms with E-state index < -0.39 is 23.5 Å². The molecule has 2 aromatic heterocycles. The number of benzene rings is 2. The van der Waals surface area contributed by atoms with Crippen molar-refractivity contribution in [2.75, 3.05) is 0 Å². The summed E-state index contributed by atoms with van der Waals surface area (Å²) in [7, 11) is 0. The van der Waals surface area contributed by atoms with Gasteiger partial charge in [0.15, 0.2) is 0 Å². The van der Waals surface area contributed by atoms with Crippen molar-refractivity contribution in [1.29, 1.82) is 0 Å². The minimum atomic E-state index is -0.863. The summed E-state index contributed by atoms with van der Waals surface area (Å²) in [5.74, 6) is -2.21. The molecule has 7 heteroatoms. The summed E-state index contributed by atoms with van der Waals surface area (Å²) in [4.78, 5) is 34.6. The Bertz CT molecular complexity index is 1360. The molecule has 0 radical (unpaired) electrons. The number of nitrogens with one attached hydrogen (secondary N) is 1. The Hall–Kier alpha value is -4.26. The molecule has 6 nitrogen and oxygen atoms in total. The maximum absolute atomic E-state index is 13.6. The second kappa shape index (κ2) is 7.77. The standard InChI is InChI=1S/C25H18FN3O3/c26-17-7-5-16(6-8-17)22-21(23(30)19-13-28-20-4-2-1-3-18(19)20)24(31)25(32)29(22)14-15-9-11-27-12-10-15/h1-13,22,28,30H,14H2/b23-21-. The van der Waals surface area contributed by atoms with Gasteiger partial charge in [-0.05, 0) is 41.5 Å². The fraction of sp³-hybridized carbons (Fsp3) is 0.0800. The highest BCUT2D eigenvalue weighted by Gasteiger charge is 2.46. The van der Waals surface area contributed by atoms with E-state index >= 15 is 0 Å². The van der Waals surface area contributed by atoms with Gasteiger partial charge in [0.05, 0.1) is 11.6 Å². The number of hydrogen-bond donors (Lipinski definition) is 2. The van der Waals surface area contributed by atoms with E-state index in [1.165, 1.54) is 29.2 Å². The molecular weight excluding hydrogens is 409 g/mol. The number of halogens is 1. The number of aromatic amines is 1. The zero-order valence-corrected chi connectivity index (χ0v) is 16.8. The molecule has 1 amide bonds. The number of H-pyrrole nitrogens is 1. The number of rotatable bonds is 4. The molecule has 1 saturated heterocycles. The van der Waals surface area contributed by atoms with E-state index in [9.17, 15) is 19.1 Å². The number of para-hydroxylation sites is 1. The number of aliphatic hydroxyl groups is 1. The van der Waals surface area contributed by atoms with Gasteiger partial charge in [-0.3, -0.25) is 14.6 Å². The van der Waals surface area contributed by atoms with Gasteiger partial charge < -0.3 is 15.0 Å². The summed E-state index contributed by atoms with van der Waals surface area (Å²) in [5, 5.41) is 12.0. The Morgan fingerprint density at radius 3 is 2.50 bits per heavy atom. The normalized spacial score (nSPS) is 17.9. The van der Waals surface area contributed by atoms with Crippen molar-refractivity contribution in [2.45, 2.75) is 12.6 Å². The van der Waals surface area contributed by atoms with Crippen LogP contribution in [0.15, 0.2) is 84.8 Å². The summed E-state index contributed by atoms with van der Waals surface area (Å²) in [6, 6.07) is 15.6. The molecule has 3 heterocycles. The third kappa shape index (κ3) is 3.24. The van der Waals surface area contributed by atoms with E-state index in [0.717, 1.165) is 16.5 Å². The Balaban J connectivity index is 1.69. The van der Waals surface area contributed by atoms with Gasteiger partial charge in [0.2, 0.25) is 0 Å². The second-order valence-corrected chi connectivity index (χ2v) is 7.58. The second-order valence-electron chi connectivity index (χ2n) is 7.58. The Kier molecular flexibility index (Phi) is 4.78. The number of aliphatic hydroxyl groups excluding tert-OH is 1. The molecule has 1 aliphatic rings. The van der Waals surface area contributed by atoms with Crippen LogP contribution in [0.2, 0.25) is 0 Å². The van der Waals surface area contributed by atoms with Crippen molar-refractivity contribution >= 4 is 28.4 Å². The Morgan fingerprint density at radius 2 is 1.75 bits per heavy atom. The maximum Gasteiger partial charge on any atom is 0.295 e. The predicted octanol–water partition coefficient (Wildman–Crippen LogP) is 4.32. The minimum absolute atomic E-state index is 0.0274. The zero-order chi connectivity index (χ0) is 22.2. The number of carbonyl (C=O) groups is 2. The van der Waals surface area contributed by atoms with Crippen LogP contribution in [0.5, 0.6) is 0 Å². The van der Waals surface area contributed by atoms with Gasteiger partial charge in [-0.2, -0.15) is 0 Å². The number of Topliss-reactive ketones (excluding diaryl/α,β-unsaturated/α-hetero) is 1. The summed E-state index contributed by atoms with van der Waals surface area (Å²) in [6.07, 6.45) is 4.81. The fourth-order valence-corrected chi connectivity index (χ4v) is 4.13. The van der Waals surface area contributed by atoms with E-state index in [-0.39, 0.29) is 17.9 Å². The van der Waals surface area contributed by atoms with Crippen LogP contribution < -0.4 is 0 Å².